The largest absolute Gasteiger partial charge is 0.471 e. The number of alkyl halides is 3. The van der Waals surface area contributed by atoms with Gasteiger partial charge in [-0.25, -0.2) is 4.79 Å². The summed E-state index contributed by atoms with van der Waals surface area (Å²) in [6, 6.07) is 0. The van der Waals surface area contributed by atoms with Crippen molar-refractivity contribution in [2.24, 2.45) is 0 Å². The highest BCUT2D eigenvalue weighted by Gasteiger charge is 2.38. The van der Waals surface area contributed by atoms with Gasteiger partial charge in [-0.05, 0) is 0 Å². The molecule has 0 radical (unpaired) electrons. The van der Waals surface area contributed by atoms with E-state index in [-0.39, 0.29) is 5.70 Å². The first-order valence-electron chi connectivity index (χ1n) is 3.26. The lowest BCUT2D eigenvalue weighted by Crippen LogP contribution is -2.39. The molecule has 0 fully saturated rings. The maximum Gasteiger partial charge on any atom is 0.471 e. The Bertz CT molecular complexity index is 262. The molecule has 0 unspecified atom stereocenters. The van der Waals surface area contributed by atoms with Crippen LogP contribution in [0.25, 0.3) is 0 Å². The van der Waals surface area contributed by atoms with Crippen LogP contribution in [0.2, 0.25) is 0 Å². The molecule has 2 amide bonds. The smallest absolute Gasteiger partial charge is 0.465 e. The Kier molecular flexibility index (Phi) is 3.94. The van der Waals surface area contributed by atoms with Crippen LogP contribution in [0, 0.1) is 0 Å². The van der Waals surface area contributed by atoms with E-state index < -0.39 is 24.7 Å². The van der Waals surface area contributed by atoms with Crippen LogP contribution in [0.3, 0.4) is 0 Å². The lowest BCUT2D eigenvalue weighted by atomic mass is 10.4. The first-order valence-corrected chi connectivity index (χ1v) is 3.26. The predicted octanol–water partition coefficient (Wildman–Crippen LogP) is 0.446. The van der Waals surface area contributed by atoms with Gasteiger partial charge in [-0.3, -0.25) is 4.79 Å². The van der Waals surface area contributed by atoms with Crippen LogP contribution in [-0.2, 0) is 4.79 Å². The first kappa shape index (κ1) is 12.3. The molecule has 0 aliphatic carbocycles. The fraction of sp³-hybridized carbons (Fsp3) is 0.333. The third kappa shape index (κ3) is 5.01. The van der Waals surface area contributed by atoms with E-state index in [0.717, 1.165) is 0 Å². The van der Waals surface area contributed by atoms with Crippen molar-refractivity contribution in [3.63, 3.8) is 0 Å². The van der Waals surface area contributed by atoms with E-state index in [1.54, 1.807) is 5.32 Å². The first-order chi connectivity index (χ1) is 6.23. The number of hydrogen-bond acceptors (Lipinski definition) is 2. The number of amides is 2. The quantitative estimate of drug-likeness (QED) is 0.635. The van der Waals surface area contributed by atoms with Crippen molar-refractivity contribution in [3.8, 4) is 0 Å². The van der Waals surface area contributed by atoms with Gasteiger partial charge in [0, 0.05) is 5.70 Å². The maximum atomic E-state index is 11.6. The second kappa shape index (κ2) is 4.49. The van der Waals surface area contributed by atoms with Crippen LogP contribution in [0.15, 0.2) is 12.3 Å². The van der Waals surface area contributed by atoms with E-state index in [2.05, 4.69) is 6.58 Å². The molecule has 0 saturated carbocycles. The molecular weight excluding hydrogens is 205 g/mol. The number of carboxylic acid groups (broad SMARTS) is 1. The van der Waals surface area contributed by atoms with Crippen molar-refractivity contribution >= 4 is 12.0 Å². The van der Waals surface area contributed by atoms with Crippen LogP contribution < -0.4 is 10.6 Å². The van der Waals surface area contributed by atoms with Crippen LogP contribution >= 0.6 is 0 Å². The Morgan fingerprint density at radius 1 is 1.36 bits per heavy atom. The molecule has 0 aliphatic rings. The summed E-state index contributed by atoms with van der Waals surface area (Å²) in [7, 11) is 0. The molecule has 0 aromatic heterocycles. The van der Waals surface area contributed by atoms with E-state index in [1.807, 2.05) is 0 Å². The number of nitrogens with one attached hydrogen (secondary N) is 2. The molecule has 3 N–H and O–H groups in total. The van der Waals surface area contributed by atoms with Gasteiger partial charge in [-0.15, -0.1) is 0 Å². The Balaban J connectivity index is 3.96. The summed E-state index contributed by atoms with van der Waals surface area (Å²) in [5, 5.41) is 11.2. The lowest BCUT2D eigenvalue weighted by molar-refractivity contribution is -0.172. The standard InChI is InChI=1S/C6H7F3N2O3/c1-3(2-10-5(13)14)11-4(12)6(7,8)9/h10H,1-2H2,(H,11,12)(H,13,14). The monoisotopic (exact) mass is 212 g/mol. The van der Waals surface area contributed by atoms with Gasteiger partial charge >= 0.3 is 18.2 Å². The number of carbonyl (C=O) groups is 2. The maximum absolute atomic E-state index is 11.6. The third-order valence-corrected chi connectivity index (χ3v) is 1.00. The zero-order chi connectivity index (χ0) is 11.4. The van der Waals surface area contributed by atoms with Gasteiger partial charge in [-0.2, -0.15) is 13.2 Å². The normalized spacial score (nSPS) is 10.5. The second-order valence-electron chi connectivity index (χ2n) is 2.21. The van der Waals surface area contributed by atoms with Gasteiger partial charge in [0.25, 0.3) is 0 Å². The van der Waals surface area contributed by atoms with Crippen molar-refractivity contribution in [1.82, 2.24) is 10.6 Å². The zero-order valence-electron chi connectivity index (χ0n) is 6.81. The van der Waals surface area contributed by atoms with Gasteiger partial charge in [0.2, 0.25) is 0 Å². The highest BCUT2D eigenvalue weighted by Crippen LogP contribution is 2.14. The summed E-state index contributed by atoms with van der Waals surface area (Å²) in [6.45, 7) is 2.55. The molecule has 80 valence electrons. The molecule has 0 aromatic rings. The SMILES string of the molecule is C=C(CNC(=O)O)NC(=O)C(F)(F)F. The molecule has 0 heterocycles. The average Bonchev–Trinajstić information content (AvgIpc) is 1.99. The lowest BCUT2D eigenvalue weighted by Gasteiger charge is -2.09. The molecule has 0 aliphatic heterocycles. The topological polar surface area (TPSA) is 78.4 Å². The molecule has 5 nitrogen and oxygen atoms in total. The number of halogens is 3. The van der Waals surface area contributed by atoms with Crippen molar-refractivity contribution in [2.75, 3.05) is 6.54 Å². The molecule has 0 rings (SSSR count). The van der Waals surface area contributed by atoms with Crippen molar-refractivity contribution < 1.29 is 27.9 Å². The Hall–Kier alpha value is -1.73. The molecule has 14 heavy (non-hydrogen) atoms. The minimum absolute atomic E-state index is 0.380. The molecule has 8 heteroatoms. The Morgan fingerprint density at radius 2 is 1.86 bits per heavy atom. The highest BCUT2D eigenvalue weighted by atomic mass is 19.4. The molecule has 0 spiro atoms. The minimum atomic E-state index is -5.01. The van der Waals surface area contributed by atoms with Gasteiger partial charge in [0.05, 0.1) is 6.54 Å². The number of carbonyl (C=O) groups excluding carboxylic acids is 1. The molecule has 0 aromatic carbocycles. The summed E-state index contributed by atoms with van der Waals surface area (Å²) < 4.78 is 34.9. The van der Waals surface area contributed by atoms with E-state index in [9.17, 15) is 22.8 Å². The summed E-state index contributed by atoms with van der Waals surface area (Å²) in [6.07, 6.45) is -6.43. The van der Waals surface area contributed by atoms with Crippen LogP contribution in [0.5, 0.6) is 0 Å². The van der Waals surface area contributed by atoms with Gasteiger partial charge in [0.15, 0.2) is 0 Å². The van der Waals surface area contributed by atoms with Crippen molar-refractivity contribution in [1.29, 1.82) is 0 Å². The summed E-state index contributed by atoms with van der Waals surface area (Å²) >= 11 is 0. The van der Waals surface area contributed by atoms with Gasteiger partial charge in [-0.1, -0.05) is 6.58 Å². The van der Waals surface area contributed by atoms with Gasteiger partial charge in [0.1, 0.15) is 0 Å². The zero-order valence-corrected chi connectivity index (χ0v) is 6.81. The number of rotatable bonds is 3. The van der Waals surface area contributed by atoms with E-state index in [0.29, 0.717) is 0 Å². The van der Waals surface area contributed by atoms with Crippen molar-refractivity contribution in [3.05, 3.63) is 12.3 Å². The molecule has 0 atom stereocenters. The van der Waals surface area contributed by atoms with E-state index in [1.165, 1.54) is 5.32 Å². The predicted molar refractivity (Wildman–Crippen MR) is 39.4 cm³/mol. The fourth-order valence-corrected chi connectivity index (χ4v) is 0.458. The van der Waals surface area contributed by atoms with Crippen molar-refractivity contribution in [2.45, 2.75) is 6.18 Å². The summed E-state index contributed by atoms with van der Waals surface area (Å²) in [4.78, 5) is 20.1. The number of hydrogen-bond donors (Lipinski definition) is 3. The van der Waals surface area contributed by atoms with Crippen LogP contribution in [-0.4, -0.2) is 29.8 Å². The highest BCUT2D eigenvalue weighted by molar-refractivity contribution is 5.83. The summed E-state index contributed by atoms with van der Waals surface area (Å²) in [5.74, 6) is -2.19. The average molecular weight is 212 g/mol. The fourth-order valence-electron chi connectivity index (χ4n) is 0.458. The van der Waals surface area contributed by atoms with Crippen LogP contribution in [0.1, 0.15) is 0 Å². The van der Waals surface area contributed by atoms with Gasteiger partial charge < -0.3 is 15.7 Å². The Labute approximate surface area is 76.6 Å². The Morgan fingerprint density at radius 3 is 2.21 bits per heavy atom. The molecule has 0 saturated heterocycles. The summed E-state index contributed by atoms with van der Waals surface area (Å²) in [5.41, 5.74) is -0.380. The van der Waals surface area contributed by atoms with E-state index in [4.69, 9.17) is 5.11 Å². The van der Waals surface area contributed by atoms with Crippen LogP contribution in [0.4, 0.5) is 18.0 Å². The van der Waals surface area contributed by atoms with E-state index >= 15 is 0 Å². The molecule has 0 bridgehead atoms. The minimum Gasteiger partial charge on any atom is -0.465 e. The molecular formula is C6H7F3N2O3. The third-order valence-electron chi connectivity index (χ3n) is 1.00. The second-order valence-corrected chi connectivity index (χ2v) is 2.21.